The highest BCUT2D eigenvalue weighted by Gasteiger charge is 2.20. The predicted molar refractivity (Wildman–Crippen MR) is 65.8 cm³/mol. The summed E-state index contributed by atoms with van der Waals surface area (Å²) in [6.07, 6.45) is 3.42. The maximum atomic E-state index is 10.6. The lowest BCUT2D eigenvalue weighted by Gasteiger charge is -2.28. The molecule has 2 nitrogen and oxygen atoms in total. The van der Waals surface area contributed by atoms with Crippen molar-refractivity contribution >= 4 is 6.29 Å². The second-order valence-corrected chi connectivity index (χ2v) is 4.66. The summed E-state index contributed by atoms with van der Waals surface area (Å²) in [6.45, 7) is 4.58. The number of carbonyl (C=O) groups excluding carboxylic acids is 1. The van der Waals surface area contributed by atoms with Crippen LogP contribution in [-0.2, 0) is 0 Å². The van der Waals surface area contributed by atoms with E-state index in [-0.39, 0.29) is 0 Å². The van der Waals surface area contributed by atoms with E-state index in [1.165, 1.54) is 18.4 Å². The molecule has 1 N–H and O–H groups in total. The first kappa shape index (κ1) is 11.3. The zero-order valence-corrected chi connectivity index (χ0v) is 9.78. The molecule has 1 heterocycles. The molecule has 1 aliphatic rings. The van der Waals surface area contributed by atoms with Crippen LogP contribution < -0.4 is 5.32 Å². The van der Waals surface area contributed by atoms with Gasteiger partial charge in [-0.25, -0.2) is 0 Å². The molecule has 1 fully saturated rings. The van der Waals surface area contributed by atoms with E-state index in [4.69, 9.17) is 0 Å². The molecular weight excluding hydrogens is 198 g/mol. The number of piperidine rings is 1. The largest absolute Gasteiger partial charge is 0.317 e. The van der Waals surface area contributed by atoms with E-state index in [0.717, 1.165) is 30.9 Å². The Labute approximate surface area is 97.1 Å². The lowest BCUT2D eigenvalue weighted by Crippen LogP contribution is -2.30. The minimum Gasteiger partial charge on any atom is -0.317 e. The Bertz CT molecular complexity index is 338. The minimum atomic E-state index is 0.600. The maximum absolute atomic E-state index is 10.6. The molecule has 0 amide bonds. The summed E-state index contributed by atoms with van der Waals surface area (Å²) in [4.78, 5) is 10.6. The SMILES string of the molecule is CC(c1ccc(C=O)cc1)C1CCNCC1. The highest BCUT2D eigenvalue weighted by atomic mass is 16.1. The maximum Gasteiger partial charge on any atom is 0.150 e. The molecule has 0 spiro atoms. The summed E-state index contributed by atoms with van der Waals surface area (Å²) < 4.78 is 0. The van der Waals surface area contributed by atoms with Gasteiger partial charge in [0.1, 0.15) is 6.29 Å². The van der Waals surface area contributed by atoms with Gasteiger partial charge in [-0.2, -0.15) is 0 Å². The number of benzene rings is 1. The Balaban J connectivity index is 2.06. The van der Waals surface area contributed by atoms with Gasteiger partial charge in [0.15, 0.2) is 0 Å². The van der Waals surface area contributed by atoms with Gasteiger partial charge in [-0.15, -0.1) is 0 Å². The quantitative estimate of drug-likeness (QED) is 0.788. The fraction of sp³-hybridized carbons (Fsp3) is 0.500. The van der Waals surface area contributed by atoms with Crippen molar-refractivity contribution in [2.24, 2.45) is 5.92 Å². The van der Waals surface area contributed by atoms with Crippen LogP contribution >= 0.6 is 0 Å². The molecule has 0 radical (unpaired) electrons. The van der Waals surface area contributed by atoms with Crippen molar-refractivity contribution in [3.05, 3.63) is 35.4 Å². The van der Waals surface area contributed by atoms with E-state index >= 15 is 0 Å². The molecule has 1 unspecified atom stereocenters. The lowest BCUT2D eigenvalue weighted by atomic mass is 9.81. The van der Waals surface area contributed by atoms with Crippen LogP contribution in [0.15, 0.2) is 24.3 Å². The van der Waals surface area contributed by atoms with Crippen LogP contribution in [0.2, 0.25) is 0 Å². The number of aldehydes is 1. The van der Waals surface area contributed by atoms with Crippen molar-refractivity contribution in [2.75, 3.05) is 13.1 Å². The zero-order valence-electron chi connectivity index (χ0n) is 9.78. The molecule has 1 saturated heterocycles. The predicted octanol–water partition coefficient (Wildman–Crippen LogP) is 2.60. The highest BCUT2D eigenvalue weighted by molar-refractivity contribution is 5.74. The summed E-state index contributed by atoms with van der Waals surface area (Å²) in [6, 6.07) is 8.02. The Morgan fingerprint density at radius 3 is 2.44 bits per heavy atom. The van der Waals surface area contributed by atoms with Crippen LogP contribution in [0.3, 0.4) is 0 Å². The summed E-state index contributed by atoms with van der Waals surface area (Å²) in [5, 5.41) is 3.39. The summed E-state index contributed by atoms with van der Waals surface area (Å²) >= 11 is 0. The van der Waals surface area contributed by atoms with E-state index in [0.29, 0.717) is 5.92 Å². The summed E-state index contributed by atoms with van der Waals surface area (Å²) in [7, 11) is 0. The average Bonchev–Trinajstić information content (AvgIpc) is 2.39. The van der Waals surface area contributed by atoms with Crippen LogP contribution in [0.5, 0.6) is 0 Å². The molecule has 1 atom stereocenters. The molecule has 1 aromatic rings. The molecule has 1 aliphatic heterocycles. The molecule has 0 aliphatic carbocycles. The summed E-state index contributed by atoms with van der Waals surface area (Å²) in [5.74, 6) is 1.38. The van der Waals surface area contributed by atoms with E-state index in [1.807, 2.05) is 12.1 Å². The van der Waals surface area contributed by atoms with Gasteiger partial charge in [0.2, 0.25) is 0 Å². The molecule has 0 aromatic heterocycles. The van der Waals surface area contributed by atoms with Crippen LogP contribution in [-0.4, -0.2) is 19.4 Å². The minimum absolute atomic E-state index is 0.600. The third-order valence-corrected chi connectivity index (χ3v) is 3.69. The normalized spacial score (nSPS) is 19.3. The van der Waals surface area contributed by atoms with Gasteiger partial charge < -0.3 is 5.32 Å². The van der Waals surface area contributed by atoms with E-state index in [1.54, 1.807) is 0 Å². The van der Waals surface area contributed by atoms with E-state index in [2.05, 4.69) is 24.4 Å². The van der Waals surface area contributed by atoms with Crippen LogP contribution in [0.25, 0.3) is 0 Å². The van der Waals surface area contributed by atoms with Crippen molar-refractivity contribution in [2.45, 2.75) is 25.7 Å². The van der Waals surface area contributed by atoms with Crippen LogP contribution in [0.4, 0.5) is 0 Å². The van der Waals surface area contributed by atoms with Gasteiger partial charge in [-0.1, -0.05) is 31.2 Å². The van der Waals surface area contributed by atoms with E-state index < -0.39 is 0 Å². The standard InChI is InChI=1S/C14H19NO/c1-11(14-6-8-15-9-7-14)13-4-2-12(10-16)3-5-13/h2-5,10-11,14-15H,6-9H2,1H3. The number of carbonyl (C=O) groups is 1. The molecule has 2 heteroatoms. The Morgan fingerprint density at radius 1 is 1.25 bits per heavy atom. The molecule has 1 aromatic carbocycles. The van der Waals surface area contributed by atoms with Crippen LogP contribution in [0, 0.1) is 5.92 Å². The van der Waals surface area contributed by atoms with Gasteiger partial charge in [0.05, 0.1) is 0 Å². The van der Waals surface area contributed by atoms with Gasteiger partial charge >= 0.3 is 0 Å². The first-order valence-electron chi connectivity index (χ1n) is 6.07. The zero-order chi connectivity index (χ0) is 11.4. The topological polar surface area (TPSA) is 29.1 Å². The number of hydrogen-bond acceptors (Lipinski definition) is 2. The monoisotopic (exact) mass is 217 g/mol. The van der Waals surface area contributed by atoms with E-state index in [9.17, 15) is 4.79 Å². The second kappa shape index (κ2) is 5.26. The molecule has 86 valence electrons. The van der Waals surface area contributed by atoms with Crippen molar-refractivity contribution in [3.63, 3.8) is 0 Å². The van der Waals surface area contributed by atoms with Crippen LogP contribution in [0.1, 0.15) is 41.6 Å². The number of nitrogens with one attached hydrogen (secondary N) is 1. The third-order valence-electron chi connectivity index (χ3n) is 3.69. The molecule has 16 heavy (non-hydrogen) atoms. The Hall–Kier alpha value is -1.15. The van der Waals surface area contributed by atoms with Crippen molar-refractivity contribution in [3.8, 4) is 0 Å². The second-order valence-electron chi connectivity index (χ2n) is 4.66. The first-order valence-corrected chi connectivity index (χ1v) is 6.07. The molecular formula is C14H19NO. The fourth-order valence-electron chi connectivity index (χ4n) is 2.49. The first-order chi connectivity index (χ1) is 7.81. The Kier molecular flexibility index (Phi) is 3.73. The van der Waals surface area contributed by atoms with Gasteiger partial charge in [0.25, 0.3) is 0 Å². The fourth-order valence-corrected chi connectivity index (χ4v) is 2.49. The van der Waals surface area contributed by atoms with Gasteiger partial charge in [-0.3, -0.25) is 4.79 Å². The van der Waals surface area contributed by atoms with Crippen molar-refractivity contribution < 1.29 is 4.79 Å². The smallest absolute Gasteiger partial charge is 0.150 e. The average molecular weight is 217 g/mol. The molecule has 0 saturated carbocycles. The van der Waals surface area contributed by atoms with Crippen molar-refractivity contribution in [1.82, 2.24) is 5.32 Å². The summed E-state index contributed by atoms with van der Waals surface area (Å²) in [5.41, 5.74) is 2.12. The molecule has 0 bridgehead atoms. The Morgan fingerprint density at radius 2 is 1.88 bits per heavy atom. The van der Waals surface area contributed by atoms with Crippen molar-refractivity contribution in [1.29, 1.82) is 0 Å². The van der Waals surface area contributed by atoms with Gasteiger partial charge in [-0.05, 0) is 43.3 Å². The van der Waals surface area contributed by atoms with Gasteiger partial charge in [0, 0.05) is 5.56 Å². The lowest BCUT2D eigenvalue weighted by molar-refractivity contribution is 0.112. The molecule has 2 rings (SSSR count). The number of hydrogen-bond donors (Lipinski definition) is 1. The highest BCUT2D eigenvalue weighted by Crippen LogP contribution is 2.30. The number of rotatable bonds is 3. The third kappa shape index (κ3) is 2.50.